The molecule has 42 heavy (non-hydrogen) atoms. The van der Waals surface area contributed by atoms with Crippen LogP contribution in [0.15, 0.2) is 89.8 Å². The number of carbonyl (C=O) groups is 1. The zero-order valence-electron chi connectivity index (χ0n) is 24.8. The summed E-state index contributed by atoms with van der Waals surface area (Å²) < 4.78 is 34.1. The number of ether oxygens (including phenoxy) is 1. The zero-order chi connectivity index (χ0) is 29.6. The fraction of sp³-hybridized carbons (Fsp3) is 0.441. The molecule has 3 aromatic rings. The van der Waals surface area contributed by atoms with Crippen molar-refractivity contribution >= 4 is 16.1 Å². The van der Waals surface area contributed by atoms with Crippen LogP contribution in [0.25, 0.3) is 0 Å². The van der Waals surface area contributed by atoms with Crippen molar-refractivity contribution in [3.63, 3.8) is 0 Å². The molecule has 1 aliphatic heterocycles. The smallest absolute Gasteiger partial charge is 0.410 e. The van der Waals surface area contributed by atoms with E-state index >= 15 is 0 Å². The molecule has 8 heteroatoms. The van der Waals surface area contributed by atoms with E-state index in [1.54, 1.807) is 35.6 Å². The number of benzene rings is 3. The maximum atomic E-state index is 13.5. The quantitative estimate of drug-likeness (QED) is 0.287. The van der Waals surface area contributed by atoms with Crippen LogP contribution in [-0.4, -0.2) is 74.4 Å². The Kier molecular flexibility index (Phi) is 9.66. The van der Waals surface area contributed by atoms with E-state index in [1.807, 2.05) is 48.2 Å². The number of aryl methyl sites for hydroxylation is 1. The highest BCUT2D eigenvalue weighted by Gasteiger charge is 2.42. The molecule has 1 unspecified atom stereocenters. The molecule has 5 rings (SSSR count). The number of rotatable bonds is 11. The molecule has 224 valence electrons. The molecule has 0 N–H and O–H groups in total. The fourth-order valence-electron chi connectivity index (χ4n) is 6.72. The van der Waals surface area contributed by atoms with E-state index in [0.717, 1.165) is 57.3 Å². The van der Waals surface area contributed by atoms with E-state index in [0.29, 0.717) is 18.0 Å². The van der Waals surface area contributed by atoms with Crippen LogP contribution in [0.2, 0.25) is 0 Å². The lowest BCUT2D eigenvalue weighted by Crippen LogP contribution is -2.48. The van der Waals surface area contributed by atoms with Crippen LogP contribution in [0.4, 0.5) is 4.79 Å². The minimum atomic E-state index is -3.59. The van der Waals surface area contributed by atoms with Crippen LogP contribution in [0, 0.1) is 0 Å². The average Bonchev–Trinajstić information content (AvgIpc) is 3.39. The highest BCUT2D eigenvalue weighted by atomic mass is 32.2. The molecule has 1 fully saturated rings. The van der Waals surface area contributed by atoms with Crippen molar-refractivity contribution in [1.82, 2.24) is 14.1 Å². The molecule has 0 radical (unpaired) electrons. The van der Waals surface area contributed by atoms with Gasteiger partial charge in [0, 0.05) is 44.7 Å². The summed E-state index contributed by atoms with van der Waals surface area (Å²) in [6.07, 6.45) is 4.35. The highest BCUT2D eigenvalue weighted by molar-refractivity contribution is 7.89. The van der Waals surface area contributed by atoms with Crippen LogP contribution < -0.4 is 0 Å². The van der Waals surface area contributed by atoms with Gasteiger partial charge in [0.25, 0.3) is 0 Å². The molecule has 1 aliphatic carbocycles. The Morgan fingerprint density at radius 2 is 1.60 bits per heavy atom. The number of hydrogen-bond donors (Lipinski definition) is 0. The number of piperidine rings is 1. The molecular weight excluding hydrogens is 546 g/mol. The lowest BCUT2D eigenvalue weighted by molar-refractivity contribution is 0.0617. The van der Waals surface area contributed by atoms with Crippen molar-refractivity contribution in [2.45, 2.75) is 62.0 Å². The first kappa shape index (κ1) is 30.3. The van der Waals surface area contributed by atoms with Gasteiger partial charge in [0.1, 0.15) is 6.61 Å². The minimum absolute atomic E-state index is 0.165. The van der Waals surface area contributed by atoms with E-state index in [-0.39, 0.29) is 24.2 Å². The van der Waals surface area contributed by atoms with E-state index in [4.69, 9.17) is 4.74 Å². The second kappa shape index (κ2) is 13.4. The van der Waals surface area contributed by atoms with Gasteiger partial charge in [-0.15, -0.1) is 0 Å². The summed E-state index contributed by atoms with van der Waals surface area (Å²) in [4.78, 5) is 17.6. The first-order chi connectivity index (χ1) is 20.3. The standard InChI is InChI=1S/C34H43N3O4S/c1-3-37(33(38)41-26-28-12-6-4-7-13-28)30-19-23-36(24-20-30)25-22-34(21-18-29-14-10-11-17-32(29)34)27-35(2)42(39,40)31-15-8-5-9-16-31/h4-17,30H,3,18-27H2,1-2H3. The predicted molar refractivity (Wildman–Crippen MR) is 166 cm³/mol. The largest absolute Gasteiger partial charge is 0.445 e. The SMILES string of the molecule is CCN(C(=O)OCc1ccccc1)C1CCN(CCC2(CN(C)S(=O)(=O)c3ccccc3)CCc3ccccc32)CC1. The van der Waals surface area contributed by atoms with Crippen LogP contribution in [0.1, 0.15) is 49.3 Å². The Bertz CT molecular complexity index is 1430. The van der Waals surface area contributed by atoms with Gasteiger partial charge in [-0.3, -0.25) is 0 Å². The average molecular weight is 590 g/mol. The van der Waals surface area contributed by atoms with Crippen molar-refractivity contribution in [2.75, 3.05) is 39.8 Å². The van der Waals surface area contributed by atoms with Gasteiger partial charge in [-0.05, 0) is 74.4 Å². The summed E-state index contributed by atoms with van der Waals surface area (Å²) in [5.41, 5.74) is 3.37. The second-order valence-electron chi connectivity index (χ2n) is 11.7. The third kappa shape index (κ3) is 6.72. The minimum Gasteiger partial charge on any atom is -0.445 e. The maximum Gasteiger partial charge on any atom is 0.410 e. The molecule has 7 nitrogen and oxygen atoms in total. The van der Waals surface area contributed by atoms with Gasteiger partial charge in [0.2, 0.25) is 10.0 Å². The van der Waals surface area contributed by atoms with Crippen molar-refractivity contribution in [3.8, 4) is 0 Å². The van der Waals surface area contributed by atoms with E-state index in [9.17, 15) is 13.2 Å². The first-order valence-electron chi connectivity index (χ1n) is 15.1. The van der Waals surface area contributed by atoms with Gasteiger partial charge in [0.05, 0.1) is 4.90 Å². The Balaban J connectivity index is 1.21. The third-order valence-electron chi connectivity index (χ3n) is 9.12. The van der Waals surface area contributed by atoms with E-state index in [2.05, 4.69) is 29.2 Å². The lowest BCUT2D eigenvalue weighted by atomic mass is 9.78. The van der Waals surface area contributed by atoms with Gasteiger partial charge >= 0.3 is 6.09 Å². The molecular formula is C34H43N3O4S. The van der Waals surface area contributed by atoms with Gasteiger partial charge in [-0.1, -0.05) is 72.8 Å². The predicted octanol–water partition coefficient (Wildman–Crippen LogP) is 5.70. The molecule has 2 aliphatic rings. The van der Waals surface area contributed by atoms with Gasteiger partial charge in [-0.2, -0.15) is 0 Å². The number of nitrogens with zero attached hydrogens (tertiary/aromatic N) is 3. The molecule has 0 saturated carbocycles. The first-order valence-corrected chi connectivity index (χ1v) is 16.6. The monoisotopic (exact) mass is 589 g/mol. The van der Waals surface area contributed by atoms with Gasteiger partial charge in [0.15, 0.2) is 0 Å². The van der Waals surface area contributed by atoms with Crippen LogP contribution in [-0.2, 0) is 33.2 Å². The Labute approximate surface area is 251 Å². The van der Waals surface area contributed by atoms with Crippen molar-refractivity contribution in [3.05, 3.63) is 102 Å². The number of fused-ring (bicyclic) bond motifs is 1. The summed E-state index contributed by atoms with van der Waals surface area (Å²) in [6, 6.07) is 27.2. The van der Waals surface area contributed by atoms with Crippen LogP contribution in [0.3, 0.4) is 0 Å². The Morgan fingerprint density at radius 3 is 2.29 bits per heavy atom. The Morgan fingerprint density at radius 1 is 0.952 bits per heavy atom. The molecule has 0 spiro atoms. The second-order valence-corrected chi connectivity index (χ2v) is 13.7. The molecule has 0 aromatic heterocycles. The van der Waals surface area contributed by atoms with Gasteiger partial charge < -0.3 is 14.5 Å². The normalized spacial score (nSPS) is 19.5. The molecule has 1 heterocycles. The molecule has 1 saturated heterocycles. The van der Waals surface area contributed by atoms with Crippen molar-refractivity contribution in [2.24, 2.45) is 0 Å². The maximum absolute atomic E-state index is 13.5. The topological polar surface area (TPSA) is 70.2 Å². The van der Waals surface area contributed by atoms with E-state index in [1.165, 1.54) is 11.1 Å². The molecule has 1 amide bonds. The van der Waals surface area contributed by atoms with Crippen LogP contribution >= 0.6 is 0 Å². The lowest BCUT2D eigenvalue weighted by Gasteiger charge is -2.40. The van der Waals surface area contributed by atoms with Gasteiger partial charge in [-0.25, -0.2) is 17.5 Å². The number of sulfonamides is 1. The summed E-state index contributed by atoms with van der Waals surface area (Å²) in [7, 11) is -1.88. The third-order valence-corrected chi connectivity index (χ3v) is 10.9. The molecule has 0 bridgehead atoms. The Hall–Kier alpha value is -3.20. The summed E-state index contributed by atoms with van der Waals surface area (Å²) in [6.45, 7) is 6.08. The number of hydrogen-bond acceptors (Lipinski definition) is 5. The summed E-state index contributed by atoms with van der Waals surface area (Å²) in [5, 5.41) is 0. The highest BCUT2D eigenvalue weighted by Crippen LogP contribution is 2.43. The molecule has 1 atom stereocenters. The summed E-state index contributed by atoms with van der Waals surface area (Å²) in [5.74, 6) is 0. The summed E-state index contributed by atoms with van der Waals surface area (Å²) >= 11 is 0. The van der Waals surface area contributed by atoms with Crippen molar-refractivity contribution in [1.29, 1.82) is 0 Å². The number of likely N-dealkylation sites (N-methyl/N-ethyl adjacent to an activating group) is 1. The number of carbonyl (C=O) groups excluding carboxylic acids is 1. The van der Waals surface area contributed by atoms with Crippen molar-refractivity contribution < 1.29 is 17.9 Å². The fourth-order valence-corrected chi connectivity index (χ4v) is 7.99. The van der Waals surface area contributed by atoms with Crippen LogP contribution in [0.5, 0.6) is 0 Å². The molecule has 3 aromatic carbocycles. The zero-order valence-corrected chi connectivity index (χ0v) is 25.6. The number of amides is 1. The van der Waals surface area contributed by atoms with E-state index < -0.39 is 10.0 Å². The number of likely N-dealkylation sites (tertiary alicyclic amines) is 1.